The molecule has 14 heavy (non-hydrogen) atoms. The van der Waals surface area contributed by atoms with Gasteiger partial charge in [-0.15, -0.1) is 0 Å². The van der Waals surface area contributed by atoms with Gasteiger partial charge in [0.25, 0.3) is 0 Å². The fraction of sp³-hybridized carbons (Fsp3) is 0.900. The number of hydrogen-bond acceptors (Lipinski definition) is 4. The quantitative estimate of drug-likeness (QED) is 0.419. The van der Waals surface area contributed by atoms with Gasteiger partial charge in [-0.1, -0.05) is 6.92 Å². The minimum absolute atomic E-state index is 0.156. The van der Waals surface area contributed by atoms with Crippen LogP contribution in [-0.4, -0.2) is 29.9 Å². The Kier molecular flexibility index (Phi) is 6.20. The van der Waals surface area contributed by atoms with Crippen LogP contribution in [0.15, 0.2) is 0 Å². The molecule has 0 spiro atoms. The van der Waals surface area contributed by atoms with Gasteiger partial charge < -0.3 is 10.1 Å². The van der Waals surface area contributed by atoms with Crippen LogP contribution in [0.3, 0.4) is 0 Å². The zero-order chi connectivity index (χ0) is 11.2. The summed E-state index contributed by atoms with van der Waals surface area (Å²) in [6.07, 6.45) is 0.414. The lowest BCUT2D eigenvalue weighted by Crippen LogP contribution is -2.28. The summed E-state index contributed by atoms with van der Waals surface area (Å²) in [5, 5.41) is 3.44. The number of nitrogens with one attached hydrogen (secondary N) is 1. The van der Waals surface area contributed by atoms with Gasteiger partial charge in [0.15, 0.2) is 0 Å². The van der Waals surface area contributed by atoms with Crippen LogP contribution in [0.1, 0.15) is 34.1 Å². The third kappa shape index (κ3) is 9.86. The van der Waals surface area contributed by atoms with Crippen LogP contribution in [0.5, 0.6) is 0 Å². The van der Waals surface area contributed by atoms with Crippen molar-refractivity contribution in [3.05, 3.63) is 0 Å². The SMILES string of the molecule is CC(S)CNCCC(=O)OC(C)(C)C. The average molecular weight is 219 g/mol. The van der Waals surface area contributed by atoms with Crippen molar-refractivity contribution >= 4 is 18.6 Å². The summed E-state index contributed by atoms with van der Waals surface area (Å²) >= 11 is 4.21. The van der Waals surface area contributed by atoms with Crippen molar-refractivity contribution in [1.82, 2.24) is 5.32 Å². The molecule has 0 saturated carbocycles. The van der Waals surface area contributed by atoms with E-state index in [2.05, 4.69) is 17.9 Å². The Bertz CT molecular complexity index is 175. The molecule has 84 valence electrons. The highest BCUT2D eigenvalue weighted by Crippen LogP contribution is 2.07. The Hall–Kier alpha value is -0.220. The van der Waals surface area contributed by atoms with Gasteiger partial charge in [-0.2, -0.15) is 12.6 Å². The number of hydrogen-bond donors (Lipinski definition) is 2. The highest BCUT2D eigenvalue weighted by molar-refractivity contribution is 7.80. The van der Waals surface area contributed by atoms with Crippen molar-refractivity contribution in [1.29, 1.82) is 0 Å². The van der Waals surface area contributed by atoms with Crippen molar-refractivity contribution in [3.63, 3.8) is 0 Å². The molecule has 0 fully saturated rings. The fourth-order valence-corrected chi connectivity index (χ4v) is 1.02. The number of ether oxygens (including phenoxy) is 1. The topological polar surface area (TPSA) is 38.3 Å². The molecule has 0 rings (SSSR count). The molecular weight excluding hydrogens is 198 g/mol. The average Bonchev–Trinajstić information content (AvgIpc) is 1.94. The molecule has 0 bridgehead atoms. The maximum atomic E-state index is 11.2. The third-order valence-electron chi connectivity index (χ3n) is 1.37. The first-order valence-electron chi connectivity index (χ1n) is 4.92. The van der Waals surface area contributed by atoms with E-state index in [-0.39, 0.29) is 11.6 Å². The lowest BCUT2D eigenvalue weighted by atomic mass is 10.2. The molecule has 1 unspecified atom stereocenters. The molecule has 0 aromatic heterocycles. The van der Waals surface area contributed by atoms with Crippen LogP contribution in [0, 0.1) is 0 Å². The van der Waals surface area contributed by atoms with E-state index in [4.69, 9.17) is 4.74 Å². The summed E-state index contributed by atoms with van der Waals surface area (Å²) in [5.41, 5.74) is -0.381. The second-order valence-electron chi connectivity index (χ2n) is 4.39. The number of thiol groups is 1. The number of carbonyl (C=O) groups excluding carboxylic acids is 1. The largest absolute Gasteiger partial charge is 0.460 e. The molecule has 0 aliphatic carbocycles. The minimum Gasteiger partial charge on any atom is -0.460 e. The first-order valence-corrected chi connectivity index (χ1v) is 5.43. The molecule has 0 heterocycles. The lowest BCUT2D eigenvalue weighted by Gasteiger charge is -2.19. The molecule has 1 N–H and O–H groups in total. The molecule has 0 aromatic carbocycles. The predicted octanol–water partition coefficient (Wildman–Crippen LogP) is 1.63. The van der Waals surface area contributed by atoms with Crippen LogP contribution in [-0.2, 0) is 9.53 Å². The predicted molar refractivity (Wildman–Crippen MR) is 61.8 cm³/mol. The highest BCUT2D eigenvalue weighted by Gasteiger charge is 2.15. The van der Waals surface area contributed by atoms with Crippen LogP contribution in [0.4, 0.5) is 0 Å². The van der Waals surface area contributed by atoms with Crippen molar-refractivity contribution in [3.8, 4) is 0 Å². The van der Waals surface area contributed by atoms with E-state index in [1.165, 1.54) is 0 Å². The van der Waals surface area contributed by atoms with Crippen molar-refractivity contribution in [2.24, 2.45) is 0 Å². The van der Waals surface area contributed by atoms with Gasteiger partial charge in [-0.3, -0.25) is 4.79 Å². The first kappa shape index (κ1) is 13.8. The van der Waals surface area contributed by atoms with Crippen molar-refractivity contribution < 1.29 is 9.53 Å². The molecule has 0 aromatic rings. The van der Waals surface area contributed by atoms with Gasteiger partial charge in [0.2, 0.25) is 0 Å². The zero-order valence-electron chi connectivity index (χ0n) is 9.46. The molecule has 0 saturated heterocycles. The summed E-state index contributed by atoms with van der Waals surface area (Å²) in [6, 6.07) is 0. The van der Waals surface area contributed by atoms with Gasteiger partial charge in [0, 0.05) is 18.3 Å². The first-order chi connectivity index (χ1) is 6.31. The molecule has 0 radical (unpaired) electrons. The molecule has 3 nitrogen and oxygen atoms in total. The van der Waals surface area contributed by atoms with Gasteiger partial charge >= 0.3 is 5.97 Å². The number of esters is 1. The maximum absolute atomic E-state index is 11.2. The van der Waals surface area contributed by atoms with Crippen LogP contribution < -0.4 is 5.32 Å². The van der Waals surface area contributed by atoms with E-state index in [1.807, 2.05) is 27.7 Å². The van der Waals surface area contributed by atoms with Gasteiger partial charge in [-0.25, -0.2) is 0 Å². The zero-order valence-corrected chi connectivity index (χ0v) is 10.4. The van der Waals surface area contributed by atoms with E-state index < -0.39 is 0 Å². The Morgan fingerprint density at radius 1 is 1.50 bits per heavy atom. The van der Waals surface area contributed by atoms with E-state index in [1.54, 1.807) is 0 Å². The number of carbonyl (C=O) groups is 1. The normalized spacial score (nSPS) is 13.8. The van der Waals surface area contributed by atoms with Gasteiger partial charge in [0.1, 0.15) is 5.60 Å². The fourth-order valence-electron chi connectivity index (χ4n) is 0.894. The third-order valence-corrected chi connectivity index (χ3v) is 1.55. The van der Waals surface area contributed by atoms with E-state index in [0.29, 0.717) is 18.2 Å². The molecule has 0 amide bonds. The van der Waals surface area contributed by atoms with E-state index in [0.717, 1.165) is 6.54 Å². The second-order valence-corrected chi connectivity index (χ2v) is 5.27. The van der Waals surface area contributed by atoms with E-state index in [9.17, 15) is 4.79 Å². The maximum Gasteiger partial charge on any atom is 0.307 e. The standard InChI is InChI=1S/C10H21NO2S/c1-8(14)7-11-6-5-9(12)13-10(2,3)4/h8,11,14H,5-7H2,1-4H3. The summed E-state index contributed by atoms with van der Waals surface area (Å²) in [6.45, 7) is 9.08. The summed E-state index contributed by atoms with van der Waals surface area (Å²) in [4.78, 5) is 11.2. The van der Waals surface area contributed by atoms with E-state index >= 15 is 0 Å². The smallest absolute Gasteiger partial charge is 0.307 e. The highest BCUT2D eigenvalue weighted by atomic mass is 32.1. The lowest BCUT2D eigenvalue weighted by molar-refractivity contribution is -0.154. The Balaban J connectivity index is 3.46. The second kappa shape index (κ2) is 6.30. The van der Waals surface area contributed by atoms with Crippen LogP contribution in [0.2, 0.25) is 0 Å². The molecule has 0 aliphatic heterocycles. The van der Waals surface area contributed by atoms with Gasteiger partial charge in [0.05, 0.1) is 6.42 Å². The van der Waals surface area contributed by atoms with Crippen LogP contribution >= 0.6 is 12.6 Å². The summed E-state index contributed by atoms with van der Waals surface area (Å²) in [5.74, 6) is -0.156. The molecule has 0 aliphatic rings. The van der Waals surface area contributed by atoms with Crippen LogP contribution in [0.25, 0.3) is 0 Å². The number of rotatable bonds is 5. The Morgan fingerprint density at radius 3 is 2.50 bits per heavy atom. The summed E-state index contributed by atoms with van der Waals surface area (Å²) in [7, 11) is 0. The molecule has 4 heteroatoms. The molecular formula is C10H21NO2S. The van der Waals surface area contributed by atoms with Gasteiger partial charge in [-0.05, 0) is 20.8 Å². The summed E-state index contributed by atoms with van der Waals surface area (Å²) < 4.78 is 5.15. The Morgan fingerprint density at radius 2 is 2.07 bits per heavy atom. The monoisotopic (exact) mass is 219 g/mol. The van der Waals surface area contributed by atoms with Crippen molar-refractivity contribution in [2.75, 3.05) is 13.1 Å². The molecule has 1 atom stereocenters. The van der Waals surface area contributed by atoms with Crippen molar-refractivity contribution in [2.45, 2.75) is 45.0 Å². The minimum atomic E-state index is -0.381. The Labute approximate surface area is 92.0 Å².